The van der Waals surface area contributed by atoms with Gasteiger partial charge in [-0.25, -0.2) is 0 Å². The minimum absolute atomic E-state index is 0.103. The SMILES string of the molecule is CCCNC(=O)c1sc(N2CCCC(C)C2)c(OC)c1N. The van der Waals surface area contributed by atoms with E-state index in [1.165, 1.54) is 24.2 Å². The minimum Gasteiger partial charge on any atom is -0.492 e. The van der Waals surface area contributed by atoms with Gasteiger partial charge in [0.05, 0.1) is 7.11 Å². The zero-order valence-electron chi connectivity index (χ0n) is 13.1. The van der Waals surface area contributed by atoms with Crippen LogP contribution in [-0.4, -0.2) is 32.7 Å². The molecule has 2 heterocycles. The van der Waals surface area contributed by atoms with Crippen molar-refractivity contribution in [3.8, 4) is 5.75 Å². The lowest BCUT2D eigenvalue weighted by atomic mass is 10.0. The molecule has 6 heteroatoms. The number of nitrogen functional groups attached to an aromatic ring is 1. The Bertz CT molecular complexity index is 501. The first-order chi connectivity index (χ1) is 10.1. The van der Waals surface area contributed by atoms with Crippen LogP contribution in [0.25, 0.3) is 0 Å². The summed E-state index contributed by atoms with van der Waals surface area (Å²) in [6, 6.07) is 0. The van der Waals surface area contributed by atoms with E-state index in [4.69, 9.17) is 10.5 Å². The van der Waals surface area contributed by atoms with Gasteiger partial charge in [0.2, 0.25) is 0 Å². The molecule has 21 heavy (non-hydrogen) atoms. The zero-order valence-corrected chi connectivity index (χ0v) is 13.9. The summed E-state index contributed by atoms with van der Waals surface area (Å²) in [6.45, 7) is 6.93. The molecule has 0 radical (unpaired) electrons. The lowest BCUT2D eigenvalue weighted by Crippen LogP contribution is -2.33. The minimum atomic E-state index is -0.103. The summed E-state index contributed by atoms with van der Waals surface area (Å²) < 4.78 is 5.46. The predicted molar refractivity (Wildman–Crippen MR) is 88.5 cm³/mol. The molecule has 3 N–H and O–H groups in total. The molecule has 1 aliphatic heterocycles. The summed E-state index contributed by atoms with van der Waals surface area (Å²) in [7, 11) is 1.61. The van der Waals surface area contributed by atoms with Gasteiger partial charge in [0, 0.05) is 19.6 Å². The van der Waals surface area contributed by atoms with Crippen molar-refractivity contribution in [1.82, 2.24) is 5.32 Å². The number of nitrogens with two attached hydrogens (primary N) is 1. The summed E-state index contributed by atoms with van der Waals surface area (Å²) >= 11 is 1.44. The van der Waals surface area contributed by atoms with Crippen molar-refractivity contribution in [2.45, 2.75) is 33.1 Å². The van der Waals surface area contributed by atoms with Gasteiger partial charge in [0.25, 0.3) is 5.91 Å². The quantitative estimate of drug-likeness (QED) is 0.877. The molecule has 1 unspecified atom stereocenters. The van der Waals surface area contributed by atoms with Crippen LogP contribution in [0.1, 0.15) is 42.8 Å². The topological polar surface area (TPSA) is 67.6 Å². The van der Waals surface area contributed by atoms with E-state index < -0.39 is 0 Å². The average molecular weight is 311 g/mol. The van der Waals surface area contributed by atoms with Gasteiger partial charge < -0.3 is 20.7 Å². The number of hydrogen-bond acceptors (Lipinski definition) is 5. The fourth-order valence-corrected chi connectivity index (χ4v) is 3.82. The van der Waals surface area contributed by atoms with Gasteiger partial charge in [-0.15, -0.1) is 11.3 Å². The number of carbonyl (C=O) groups excluding carboxylic acids is 1. The molecule has 1 amide bonds. The highest BCUT2D eigenvalue weighted by molar-refractivity contribution is 7.19. The molecule has 1 saturated heterocycles. The fraction of sp³-hybridized carbons (Fsp3) is 0.667. The van der Waals surface area contributed by atoms with E-state index in [2.05, 4.69) is 17.1 Å². The molecule has 5 nitrogen and oxygen atoms in total. The highest BCUT2D eigenvalue weighted by Crippen LogP contribution is 2.45. The van der Waals surface area contributed by atoms with E-state index in [9.17, 15) is 4.79 Å². The van der Waals surface area contributed by atoms with Gasteiger partial charge in [0.15, 0.2) is 5.75 Å². The van der Waals surface area contributed by atoms with Gasteiger partial charge in [-0.1, -0.05) is 13.8 Å². The van der Waals surface area contributed by atoms with Crippen LogP contribution in [0.2, 0.25) is 0 Å². The van der Waals surface area contributed by atoms with Crippen molar-refractivity contribution in [2.75, 3.05) is 37.4 Å². The molecule has 1 aromatic rings. The Morgan fingerprint density at radius 3 is 2.95 bits per heavy atom. The van der Waals surface area contributed by atoms with Gasteiger partial charge in [-0.05, 0) is 25.2 Å². The van der Waals surface area contributed by atoms with Crippen LogP contribution < -0.4 is 20.7 Å². The first-order valence-electron chi connectivity index (χ1n) is 7.57. The maximum absolute atomic E-state index is 12.2. The van der Waals surface area contributed by atoms with Crippen LogP contribution >= 0.6 is 11.3 Å². The monoisotopic (exact) mass is 311 g/mol. The number of nitrogens with zero attached hydrogens (tertiary/aromatic N) is 1. The fourth-order valence-electron chi connectivity index (χ4n) is 2.68. The van der Waals surface area contributed by atoms with E-state index in [1.54, 1.807) is 7.11 Å². The number of anilines is 2. The average Bonchev–Trinajstić information content (AvgIpc) is 2.81. The highest BCUT2D eigenvalue weighted by Gasteiger charge is 2.27. The number of amides is 1. The Labute approximate surface area is 130 Å². The number of rotatable bonds is 5. The highest BCUT2D eigenvalue weighted by atomic mass is 32.1. The Balaban J connectivity index is 2.27. The van der Waals surface area contributed by atoms with Crippen LogP contribution in [0.3, 0.4) is 0 Å². The number of piperidine rings is 1. The van der Waals surface area contributed by atoms with Crippen molar-refractivity contribution in [3.63, 3.8) is 0 Å². The van der Waals surface area contributed by atoms with Gasteiger partial charge >= 0.3 is 0 Å². The van der Waals surface area contributed by atoms with Crippen molar-refractivity contribution in [1.29, 1.82) is 0 Å². The molecular weight excluding hydrogens is 286 g/mol. The molecule has 0 bridgehead atoms. The maximum atomic E-state index is 12.2. The van der Waals surface area contributed by atoms with E-state index in [0.717, 1.165) is 24.5 Å². The Morgan fingerprint density at radius 1 is 1.57 bits per heavy atom. The standard InChI is InChI=1S/C15H25N3O2S/c1-4-7-17-14(19)13-11(16)12(20-3)15(21-13)18-8-5-6-10(2)9-18/h10H,4-9,16H2,1-3H3,(H,17,19). The second kappa shape index (κ2) is 7.02. The molecule has 2 rings (SSSR count). The zero-order chi connectivity index (χ0) is 15.4. The first-order valence-corrected chi connectivity index (χ1v) is 8.39. The molecule has 0 saturated carbocycles. The van der Waals surface area contributed by atoms with Gasteiger partial charge in [-0.3, -0.25) is 4.79 Å². The van der Waals surface area contributed by atoms with E-state index in [0.29, 0.717) is 28.8 Å². The lowest BCUT2D eigenvalue weighted by Gasteiger charge is -2.32. The van der Waals surface area contributed by atoms with E-state index in [-0.39, 0.29) is 5.91 Å². The molecule has 118 valence electrons. The Hall–Kier alpha value is -1.43. The summed E-state index contributed by atoms with van der Waals surface area (Å²) in [5.74, 6) is 1.20. The van der Waals surface area contributed by atoms with E-state index in [1.807, 2.05) is 6.92 Å². The van der Waals surface area contributed by atoms with Crippen LogP contribution in [-0.2, 0) is 0 Å². The number of methoxy groups -OCH3 is 1. The smallest absolute Gasteiger partial charge is 0.263 e. The van der Waals surface area contributed by atoms with Crippen molar-refractivity contribution < 1.29 is 9.53 Å². The second-order valence-electron chi connectivity index (χ2n) is 5.63. The van der Waals surface area contributed by atoms with Crippen molar-refractivity contribution in [3.05, 3.63) is 4.88 Å². The summed E-state index contributed by atoms with van der Waals surface area (Å²) in [4.78, 5) is 15.1. The van der Waals surface area contributed by atoms with Gasteiger partial charge in [0.1, 0.15) is 15.6 Å². The second-order valence-corrected chi connectivity index (χ2v) is 6.63. The Morgan fingerprint density at radius 2 is 2.33 bits per heavy atom. The summed E-state index contributed by atoms with van der Waals surface area (Å²) in [6.07, 6.45) is 3.33. The third kappa shape index (κ3) is 3.43. The molecule has 1 aliphatic rings. The molecule has 0 spiro atoms. The number of carbonyl (C=O) groups is 1. The maximum Gasteiger partial charge on any atom is 0.263 e. The Kier molecular flexibility index (Phi) is 5.33. The third-order valence-electron chi connectivity index (χ3n) is 3.77. The first kappa shape index (κ1) is 15.9. The van der Waals surface area contributed by atoms with E-state index >= 15 is 0 Å². The normalized spacial score (nSPS) is 18.6. The third-order valence-corrected chi connectivity index (χ3v) is 5.02. The largest absolute Gasteiger partial charge is 0.492 e. The summed E-state index contributed by atoms with van der Waals surface area (Å²) in [5, 5.41) is 3.87. The molecule has 0 aromatic carbocycles. The summed E-state index contributed by atoms with van der Waals surface area (Å²) in [5.41, 5.74) is 6.59. The van der Waals surface area contributed by atoms with Crippen molar-refractivity contribution >= 4 is 27.9 Å². The molecular formula is C15H25N3O2S. The van der Waals surface area contributed by atoms with Crippen LogP contribution in [0.4, 0.5) is 10.7 Å². The molecule has 1 aromatic heterocycles. The van der Waals surface area contributed by atoms with Crippen molar-refractivity contribution in [2.24, 2.45) is 5.92 Å². The number of hydrogen-bond donors (Lipinski definition) is 2. The predicted octanol–water partition coefficient (Wildman–Crippen LogP) is 2.71. The van der Waals surface area contributed by atoms with Crippen LogP contribution in [0.15, 0.2) is 0 Å². The number of ether oxygens (including phenoxy) is 1. The van der Waals surface area contributed by atoms with Crippen LogP contribution in [0.5, 0.6) is 5.75 Å². The molecule has 0 aliphatic carbocycles. The molecule has 1 atom stereocenters. The number of nitrogens with one attached hydrogen (secondary N) is 1. The van der Waals surface area contributed by atoms with Crippen LogP contribution in [0, 0.1) is 5.92 Å². The lowest BCUT2D eigenvalue weighted by molar-refractivity contribution is 0.0958. The number of thiophene rings is 1. The van der Waals surface area contributed by atoms with Gasteiger partial charge in [-0.2, -0.15) is 0 Å². The molecule has 1 fully saturated rings.